The van der Waals surface area contributed by atoms with E-state index in [2.05, 4.69) is 23.3 Å². The molecule has 4 nitrogen and oxygen atoms in total. The molecule has 0 saturated carbocycles. The molecule has 104 valence electrons. The molecular weight excluding hydrogens is 240 g/mol. The van der Waals surface area contributed by atoms with Gasteiger partial charge in [0, 0.05) is 30.6 Å². The number of hydrogen-bond acceptors (Lipinski definition) is 4. The van der Waals surface area contributed by atoms with Crippen molar-refractivity contribution in [1.82, 2.24) is 10.2 Å². The number of likely N-dealkylation sites (N-methyl/N-ethyl adjacent to an activating group) is 1. The van der Waals surface area contributed by atoms with Crippen LogP contribution >= 0.6 is 0 Å². The van der Waals surface area contributed by atoms with E-state index in [1.165, 1.54) is 18.5 Å². The number of hydrogen-bond donors (Lipinski definition) is 1. The first-order chi connectivity index (χ1) is 9.26. The van der Waals surface area contributed by atoms with Gasteiger partial charge in [-0.15, -0.1) is 0 Å². The van der Waals surface area contributed by atoms with Crippen molar-refractivity contribution in [2.24, 2.45) is 0 Å². The summed E-state index contributed by atoms with van der Waals surface area (Å²) in [4.78, 5) is 2.38. The van der Waals surface area contributed by atoms with Gasteiger partial charge in [-0.1, -0.05) is 0 Å². The van der Waals surface area contributed by atoms with Crippen molar-refractivity contribution < 1.29 is 9.47 Å². The molecule has 0 spiro atoms. The number of fused-ring (bicyclic) bond motifs is 1. The Morgan fingerprint density at radius 1 is 1.37 bits per heavy atom. The maximum absolute atomic E-state index is 5.73. The van der Waals surface area contributed by atoms with Crippen LogP contribution in [0.5, 0.6) is 11.5 Å². The summed E-state index contributed by atoms with van der Waals surface area (Å²) < 4.78 is 11.1. The van der Waals surface area contributed by atoms with Gasteiger partial charge in [0.1, 0.15) is 11.5 Å². The van der Waals surface area contributed by atoms with Crippen molar-refractivity contribution in [3.63, 3.8) is 0 Å². The van der Waals surface area contributed by atoms with Gasteiger partial charge in [0.15, 0.2) is 0 Å². The van der Waals surface area contributed by atoms with E-state index in [4.69, 9.17) is 9.47 Å². The van der Waals surface area contributed by atoms with Crippen LogP contribution in [0, 0.1) is 0 Å². The van der Waals surface area contributed by atoms with Crippen LogP contribution < -0.4 is 14.8 Å². The number of nitrogens with one attached hydrogen (secondary N) is 1. The third-order valence-electron chi connectivity index (χ3n) is 4.08. The van der Waals surface area contributed by atoms with Gasteiger partial charge in [-0.25, -0.2) is 0 Å². The molecule has 19 heavy (non-hydrogen) atoms. The molecule has 1 saturated heterocycles. The summed E-state index contributed by atoms with van der Waals surface area (Å²) in [5.41, 5.74) is 1.24. The lowest BCUT2D eigenvalue weighted by atomic mass is 9.99. The van der Waals surface area contributed by atoms with Crippen molar-refractivity contribution in [3.05, 3.63) is 23.8 Å². The van der Waals surface area contributed by atoms with Crippen molar-refractivity contribution in [1.29, 1.82) is 0 Å². The average molecular weight is 262 g/mol. The van der Waals surface area contributed by atoms with E-state index >= 15 is 0 Å². The molecule has 3 rings (SSSR count). The molecule has 1 N–H and O–H groups in total. The molecule has 0 aliphatic carbocycles. The molecule has 1 aromatic carbocycles. The second-order valence-electron chi connectivity index (χ2n) is 5.51. The largest absolute Gasteiger partial charge is 0.497 e. The normalized spacial score (nSPS) is 26.8. The van der Waals surface area contributed by atoms with Gasteiger partial charge in [0.25, 0.3) is 0 Å². The lowest BCUT2D eigenvalue weighted by Gasteiger charge is -2.29. The van der Waals surface area contributed by atoms with E-state index in [1.807, 2.05) is 12.1 Å². The number of nitrogens with zero attached hydrogens (tertiary/aromatic N) is 1. The van der Waals surface area contributed by atoms with Gasteiger partial charge >= 0.3 is 0 Å². The fraction of sp³-hybridized carbons (Fsp3) is 0.600. The standard InChI is InChI=1S/C15H22N2O2/c1-17-7-5-11(10-17)16-14-6-8-19-15-4-3-12(18-2)9-13(14)15/h3-4,9,11,14,16H,5-8,10H2,1-2H3. The highest BCUT2D eigenvalue weighted by atomic mass is 16.5. The summed E-state index contributed by atoms with van der Waals surface area (Å²) in [7, 11) is 3.89. The monoisotopic (exact) mass is 262 g/mol. The Hall–Kier alpha value is -1.26. The lowest BCUT2D eigenvalue weighted by molar-refractivity contribution is 0.242. The number of ether oxygens (including phenoxy) is 2. The van der Waals surface area contributed by atoms with E-state index in [1.54, 1.807) is 7.11 Å². The van der Waals surface area contributed by atoms with Crippen LogP contribution in [0.15, 0.2) is 18.2 Å². The number of benzene rings is 1. The number of rotatable bonds is 3. The minimum atomic E-state index is 0.385. The average Bonchev–Trinajstić information content (AvgIpc) is 2.84. The molecule has 0 aromatic heterocycles. The molecule has 2 unspecified atom stereocenters. The van der Waals surface area contributed by atoms with E-state index in [-0.39, 0.29) is 0 Å². The molecule has 2 aliphatic rings. The fourth-order valence-electron chi connectivity index (χ4n) is 3.03. The second kappa shape index (κ2) is 5.39. The van der Waals surface area contributed by atoms with E-state index in [0.29, 0.717) is 12.1 Å². The zero-order valence-electron chi connectivity index (χ0n) is 11.7. The van der Waals surface area contributed by atoms with Crippen LogP contribution in [0.3, 0.4) is 0 Å². The third-order valence-corrected chi connectivity index (χ3v) is 4.08. The molecular formula is C15H22N2O2. The maximum Gasteiger partial charge on any atom is 0.124 e. The summed E-state index contributed by atoms with van der Waals surface area (Å²) in [6.45, 7) is 3.11. The van der Waals surface area contributed by atoms with Gasteiger partial charge < -0.3 is 19.7 Å². The lowest BCUT2D eigenvalue weighted by Crippen LogP contribution is -2.37. The van der Waals surface area contributed by atoms with E-state index in [0.717, 1.165) is 31.1 Å². The quantitative estimate of drug-likeness (QED) is 0.901. The number of methoxy groups -OCH3 is 1. The Labute approximate surface area is 114 Å². The van der Waals surface area contributed by atoms with Crippen LogP contribution in [0.2, 0.25) is 0 Å². The van der Waals surface area contributed by atoms with Crippen molar-refractivity contribution in [3.8, 4) is 11.5 Å². The highest BCUT2D eigenvalue weighted by molar-refractivity contribution is 5.43. The fourth-order valence-corrected chi connectivity index (χ4v) is 3.03. The third kappa shape index (κ3) is 2.69. The SMILES string of the molecule is COc1ccc2c(c1)C(NC1CCN(C)C1)CCO2. The molecule has 0 amide bonds. The van der Waals surface area contributed by atoms with Crippen LogP contribution in [0.4, 0.5) is 0 Å². The first-order valence-corrected chi connectivity index (χ1v) is 7.01. The van der Waals surface area contributed by atoms with Gasteiger partial charge in [-0.3, -0.25) is 0 Å². The molecule has 2 aliphatic heterocycles. The molecule has 0 radical (unpaired) electrons. The van der Waals surface area contributed by atoms with Crippen LogP contribution in [0.25, 0.3) is 0 Å². The first-order valence-electron chi connectivity index (χ1n) is 7.01. The molecule has 2 heterocycles. The molecule has 0 bridgehead atoms. The Bertz CT molecular complexity index is 450. The summed E-state index contributed by atoms with van der Waals surface area (Å²) >= 11 is 0. The molecule has 1 aromatic rings. The summed E-state index contributed by atoms with van der Waals surface area (Å²) in [5.74, 6) is 1.90. The van der Waals surface area contributed by atoms with Crippen molar-refractivity contribution in [2.45, 2.75) is 24.9 Å². The first kappa shape index (κ1) is 12.8. The zero-order chi connectivity index (χ0) is 13.2. The summed E-state index contributed by atoms with van der Waals surface area (Å²) in [6, 6.07) is 7.06. The predicted octanol–water partition coefficient (Wildman–Crippen LogP) is 1.81. The summed E-state index contributed by atoms with van der Waals surface area (Å²) in [6.07, 6.45) is 2.26. The Morgan fingerprint density at radius 3 is 3.00 bits per heavy atom. The van der Waals surface area contributed by atoms with Crippen LogP contribution in [-0.2, 0) is 0 Å². The molecule has 1 fully saturated rings. The van der Waals surface area contributed by atoms with E-state index < -0.39 is 0 Å². The maximum atomic E-state index is 5.73. The Balaban J connectivity index is 1.77. The zero-order valence-corrected chi connectivity index (χ0v) is 11.7. The van der Waals surface area contributed by atoms with Gasteiger partial charge in [-0.05, 0) is 38.2 Å². The minimum absolute atomic E-state index is 0.385. The molecule has 4 heteroatoms. The van der Waals surface area contributed by atoms with Crippen LogP contribution in [-0.4, -0.2) is 44.8 Å². The van der Waals surface area contributed by atoms with Gasteiger partial charge in [-0.2, -0.15) is 0 Å². The smallest absolute Gasteiger partial charge is 0.124 e. The topological polar surface area (TPSA) is 33.7 Å². The molecule has 2 atom stereocenters. The van der Waals surface area contributed by atoms with Crippen molar-refractivity contribution in [2.75, 3.05) is 33.9 Å². The Kier molecular flexibility index (Phi) is 3.62. The second-order valence-corrected chi connectivity index (χ2v) is 5.51. The van der Waals surface area contributed by atoms with Crippen molar-refractivity contribution >= 4 is 0 Å². The van der Waals surface area contributed by atoms with Gasteiger partial charge in [0.2, 0.25) is 0 Å². The minimum Gasteiger partial charge on any atom is -0.497 e. The van der Waals surface area contributed by atoms with Crippen LogP contribution in [0.1, 0.15) is 24.4 Å². The highest BCUT2D eigenvalue weighted by Crippen LogP contribution is 2.35. The Morgan fingerprint density at radius 2 is 2.26 bits per heavy atom. The summed E-state index contributed by atoms with van der Waals surface area (Å²) in [5, 5.41) is 3.78. The van der Waals surface area contributed by atoms with E-state index in [9.17, 15) is 0 Å². The number of likely N-dealkylation sites (tertiary alicyclic amines) is 1. The highest BCUT2D eigenvalue weighted by Gasteiger charge is 2.27. The van der Waals surface area contributed by atoms with Gasteiger partial charge in [0.05, 0.1) is 13.7 Å². The predicted molar refractivity (Wildman–Crippen MR) is 74.9 cm³/mol.